The Hall–Kier alpha value is -3.84. The summed E-state index contributed by atoms with van der Waals surface area (Å²) in [5.74, 6) is 2.10. The molecule has 0 spiro atoms. The van der Waals surface area contributed by atoms with Crippen molar-refractivity contribution in [3.8, 4) is 17.2 Å². The fraction of sp³-hybridized carbons (Fsp3) is 0.179. The van der Waals surface area contributed by atoms with E-state index in [0.29, 0.717) is 45.0 Å². The molecule has 0 radical (unpaired) electrons. The monoisotopic (exact) mass is 490 g/mol. The molecule has 0 N–H and O–H groups in total. The molecule has 0 saturated heterocycles. The van der Waals surface area contributed by atoms with Crippen molar-refractivity contribution >= 4 is 33.5 Å². The maximum absolute atomic E-state index is 13.5. The van der Waals surface area contributed by atoms with Crippen LogP contribution >= 0.6 is 0 Å². The zero-order valence-electron chi connectivity index (χ0n) is 20.0. The van der Waals surface area contributed by atoms with Gasteiger partial charge in [-0.3, -0.25) is 0 Å². The average Bonchev–Trinajstić information content (AvgIpc) is 3.15. The molecular formula is C28H26O6S. The molecule has 1 aliphatic rings. The van der Waals surface area contributed by atoms with Crippen LogP contribution in [0.2, 0.25) is 0 Å². The normalized spacial score (nSPS) is 15.0. The van der Waals surface area contributed by atoms with Gasteiger partial charge in [0.15, 0.2) is 5.76 Å². The fourth-order valence-electron chi connectivity index (χ4n) is 3.67. The van der Waals surface area contributed by atoms with Crippen molar-refractivity contribution in [2.75, 3.05) is 20.8 Å². The Bertz CT molecular complexity index is 1320. The lowest BCUT2D eigenvalue weighted by Crippen LogP contribution is -2.04. The van der Waals surface area contributed by atoms with E-state index in [2.05, 4.69) is 0 Å². The molecule has 1 aliphatic heterocycles. The Kier molecular flexibility index (Phi) is 7.36. The predicted octanol–water partition coefficient (Wildman–Crippen LogP) is 5.70. The van der Waals surface area contributed by atoms with E-state index in [1.165, 1.54) is 0 Å². The van der Waals surface area contributed by atoms with Crippen LogP contribution in [0.1, 0.15) is 30.5 Å². The molecule has 3 aromatic carbocycles. The Morgan fingerprint density at radius 2 is 1.51 bits per heavy atom. The molecule has 35 heavy (non-hydrogen) atoms. The highest BCUT2D eigenvalue weighted by atomic mass is 32.2. The molecule has 0 bridgehead atoms. The molecule has 1 unspecified atom stereocenters. The van der Waals surface area contributed by atoms with Crippen LogP contribution in [0.4, 0.5) is 0 Å². The Morgan fingerprint density at radius 3 is 2.14 bits per heavy atom. The van der Waals surface area contributed by atoms with Crippen molar-refractivity contribution in [1.82, 2.24) is 0 Å². The van der Waals surface area contributed by atoms with Gasteiger partial charge >= 0.3 is 5.97 Å². The van der Waals surface area contributed by atoms with Crippen LogP contribution < -0.4 is 14.2 Å². The molecule has 0 saturated carbocycles. The summed E-state index contributed by atoms with van der Waals surface area (Å²) in [5, 5.41) is 0. The number of benzene rings is 3. The molecule has 3 aromatic rings. The topological polar surface area (TPSA) is 71.1 Å². The smallest absolute Gasteiger partial charge is 0.333 e. The van der Waals surface area contributed by atoms with Crippen LogP contribution in [-0.4, -0.2) is 31.0 Å². The average molecular weight is 491 g/mol. The van der Waals surface area contributed by atoms with E-state index < -0.39 is 10.8 Å². The highest BCUT2D eigenvalue weighted by Crippen LogP contribution is 2.44. The van der Waals surface area contributed by atoms with Crippen LogP contribution in [-0.2, 0) is 20.3 Å². The van der Waals surface area contributed by atoms with Gasteiger partial charge in [-0.25, -0.2) is 9.00 Å². The number of rotatable bonds is 8. The molecule has 0 aromatic heterocycles. The summed E-state index contributed by atoms with van der Waals surface area (Å²) in [6.07, 6.45) is 1.76. The summed E-state index contributed by atoms with van der Waals surface area (Å²) in [7, 11) is 1.72. The Balaban J connectivity index is 1.70. The van der Waals surface area contributed by atoms with Crippen molar-refractivity contribution in [3.63, 3.8) is 0 Å². The third kappa shape index (κ3) is 5.15. The van der Waals surface area contributed by atoms with Crippen molar-refractivity contribution in [2.45, 2.75) is 18.7 Å². The first-order valence-electron chi connectivity index (χ1n) is 11.1. The number of carbonyl (C=O) groups is 1. The molecule has 6 nitrogen and oxygen atoms in total. The number of fused-ring (bicyclic) bond motifs is 1. The molecule has 0 amide bonds. The summed E-state index contributed by atoms with van der Waals surface area (Å²) >= 11 is 0. The minimum Gasteiger partial charge on any atom is -0.497 e. The quantitative estimate of drug-likeness (QED) is 0.298. The molecule has 0 aliphatic carbocycles. The van der Waals surface area contributed by atoms with Gasteiger partial charge in [0, 0.05) is 11.1 Å². The summed E-state index contributed by atoms with van der Waals surface area (Å²) in [4.78, 5) is 13.1. The van der Waals surface area contributed by atoms with E-state index in [1.54, 1.807) is 40.2 Å². The van der Waals surface area contributed by atoms with E-state index in [-0.39, 0.29) is 5.97 Å². The fourth-order valence-corrected chi connectivity index (χ4v) is 5.15. The summed E-state index contributed by atoms with van der Waals surface area (Å²) in [6.45, 7) is 3.82. The number of hydrogen-bond donors (Lipinski definition) is 0. The van der Waals surface area contributed by atoms with Crippen LogP contribution in [0.5, 0.6) is 17.2 Å². The number of ether oxygens (including phenoxy) is 4. The first kappa shape index (κ1) is 24.3. The lowest BCUT2D eigenvalue weighted by Gasteiger charge is -2.11. The zero-order chi connectivity index (χ0) is 24.9. The molecule has 0 fully saturated rings. The number of methoxy groups -OCH3 is 2. The molecule has 1 atom stereocenters. The van der Waals surface area contributed by atoms with Gasteiger partial charge in [-0.15, -0.1) is 0 Å². The van der Waals surface area contributed by atoms with Crippen molar-refractivity contribution < 1.29 is 28.0 Å². The van der Waals surface area contributed by atoms with Crippen LogP contribution in [0.3, 0.4) is 0 Å². The minimum atomic E-state index is -1.46. The number of hydrogen-bond acceptors (Lipinski definition) is 6. The summed E-state index contributed by atoms with van der Waals surface area (Å²) < 4.78 is 35.5. The maximum atomic E-state index is 13.5. The van der Waals surface area contributed by atoms with Gasteiger partial charge < -0.3 is 18.9 Å². The van der Waals surface area contributed by atoms with Crippen molar-refractivity contribution in [2.24, 2.45) is 0 Å². The van der Waals surface area contributed by atoms with Gasteiger partial charge in [0.1, 0.15) is 17.2 Å². The van der Waals surface area contributed by atoms with E-state index in [4.69, 9.17) is 18.9 Å². The van der Waals surface area contributed by atoms with Crippen LogP contribution in [0.25, 0.3) is 16.7 Å². The predicted molar refractivity (Wildman–Crippen MR) is 137 cm³/mol. The van der Waals surface area contributed by atoms with Gasteiger partial charge in [0.05, 0.1) is 41.4 Å². The zero-order valence-corrected chi connectivity index (χ0v) is 20.8. The lowest BCUT2D eigenvalue weighted by atomic mass is 10.1. The number of esters is 1. The van der Waals surface area contributed by atoms with Gasteiger partial charge in [-0.05, 0) is 85.6 Å². The SMILES string of the molecule is CCOC(=O)C(C)=Cc1ccc(OC2=C(c3ccc(OC)cc3)S(=O)c3cc(OC)ccc32)cc1. The van der Waals surface area contributed by atoms with E-state index in [1.807, 2.05) is 60.7 Å². The van der Waals surface area contributed by atoms with Crippen LogP contribution in [0, 0.1) is 0 Å². The van der Waals surface area contributed by atoms with Crippen LogP contribution in [0.15, 0.2) is 77.2 Å². The third-order valence-electron chi connectivity index (χ3n) is 5.46. The Labute approximate surface area is 207 Å². The van der Waals surface area contributed by atoms with E-state index >= 15 is 0 Å². The van der Waals surface area contributed by atoms with Crippen molar-refractivity contribution in [3.05, 3.63) is 89.0 Å². The molecule has 7 heteroatoms. The summed E-state index contributed by atoms with van der Waals surface area (Å²) in [5.41, 5.74) is 2.88. The minimum absolute atomic E-state index is 0.331. The molecule has 4 rings (SSSR count). The van der Waals surface area contributed by atoms with E-state index in [0.717, 1.165) is 16.7 Å². The second-order valence-electron chi connectivity index (χ2n) is 7.74. The standard InChI is InChI=1S/C28H26O6S/c1-5-33-28(29)18(2)16-19-6-10-22(11-7-19)34-26-24-15-14-23(32-4)17-25(24)35(30)27(26)20-8-12-21(31-3)13-9-20/h6-17H,5H2,1-4H3. The maximum Gasteiger partial charge on any atom is 0.333 e. The first-order chi connectivity index (χ1) is 16.9. The highest BCUT2D eigenvalue weighted by molar-refractivity contribution is 7.95. The second-order valence-corrected chi connectivity index (χ2v) is 9.12. The summed E-state index contributed by atoms with van der Waals surface area (Å²) in [6, 6.07) is 20.2. The van der Waals surface area contributed by atoms with Gasteiger partial charge in [-0.2, -0.15) is 0 Å². The van der Waals surface area contributed by atoms with Gasteiger partial charge in [0.25, 0.3) is 0 Å². The molecular weight excluding hydrogens is 464 g/mol. The highest BCUT2D eigenvalue weighted by Gasteiger charge is 2.32. The molecule has 180 valence electrons. The second kappa shape index (κ2) is 10.6. The third-order valence-corrected chi connectivity index (χ3v) is 6.99. The molecule has 1 heterocycles. The largest absolute Gasteiger partial charge is 0.497 e. The van der Waals surface area contributed by atoms with Crippen molar-refractivity contribution in [1.29, 1.82) is 0 Å². The van der Waals surface area contributed by atoms with E-state index in [9.17, 15) is 9.00 Å². The van der Waals surface area contributed by atoms with Gasteiger partial charge in [0.2, 0.25) is 0 Å². The lowest BCUT2D eigenvalue weighted by molar-refractivity contribution is -0.138. The number of carbonyl (C=O) groups excluding carboxylic acids is 1. The first-order valence-corrected chi connectivity index (χ1v) is 12.2. The van der Waals surface area contributed by atoms with Gasteiger partial charge in [-0.1, -0.05) is 12.1 Å². The Morgan fingerprint density at radius 1 is 0.886 bits per heavy atom.